The third-order valence-corrected chi connectivity index (χ3v) is 12.0. The van der Waals surface area contributed by atoms with E-state index < -0.39 is 0 Å². The summed E-state index contributed by atoms with van der Waals surface area (Å²) in [5.41, 5.74) is 10.5. The highest BCUT2D eigenvalue weighted by Crippen LogP contribution is 2.43. The number of fused-ring (bicyclic) bond motifs is 8. The second-order valence-corrected chi connectivity index (χ2v) is 15.0. The Morgan fingerprint density at radius 1 is 0.415 bits per heavy atom. The molecule has 1 aliphatic carbocycles. The molecule has 9 aromatic carbocycles. The lowest BCUT2D eigenvalue weighted by molar-refractivity contribution is 0.0442. The molecule has 0 N–H and O–H groups in total. The molecule has 1 nitrogen and oxygen atoms in total. The fourth-order valence-electron chi connectivity index (χ4n) is 9.24. The van der Waals surface area contributed by atoms with E-state index in [9.17, 15) is 0 Å². The molecule has 0 radical (unpaired) electrons. The maximum absolute atomic E-state index is 6.81. The number of ether oxygens (including phenoxy) is 1. The normalized spacial score (nSPS) is 17.0. The van der Waals surface area contributed by atoms with Gasteiger partial charge in [-0.25, -0.2) is 0 Å². The maximum atomic E-state index is 6.81. The van der Waals surface area contributed by atoms with Crippen molar-refractivity contribution in [2.75, 3.05) is 0 Å². The van der Waals surface area contributed by atoms with Crippen molar-refractivity contribution in [1.29, 1.82) is 0 Å². The first-order valence-electron chi connectivity index (χ1n) is 19.1. The zero-order valence-electron chi connectivity index (χ0n) is 29.6. The molecule has 1 heterocycles. The molecule has 9 aromatic rings. The standard InChI is InChI=1S/C52H38O/c1-3-11-43-33(7-1)9-5-13-45(43)39-19-23-47-35(29-39)15-17-37-31-41(21-25-49(37)47)51-27-28-52(53-51)42-22-26-50-38(32-42)18-16-36-30-40(20-24-48(36)50)46-14-6-10-34-8-2-4-12-44(34)46/h1,3-7,9-26,29-32,51-52H,2,8,27-28H2. The van der Waals surface area contributed by atoms with E-state index >= 15 is 0 Å². The second-order valence-electron chi connectivity index (χ2n) is 15.0. The number of rotatable bonds is 4. The molecule has 0 aromatic heterocycles. The predicted molar refractivity (Wildman–Crippen MR) is 224 cm³/mol. The zero-order chi connectivity index (χ0) is 34.9. The summed E-state index contributed by atoms with van der Waals surface area (Å²) < 4.78 is 6.81. The third kappa shape index (κ3) is 5.18. The fraction of sp³-hybridized carbons (Fsp3) is 0.115. The van der Waals surface area contributed by atoms with Crippen molar-refractivity contribution in [3.05, 3.63) is 186 Å². The van der Waals surface area contributed by atoms with Crippen LogP contribution in [0.2, 0.25) is 0 Å². The van der Waals surface area contributed by atoms with E-state index in [1.165, 1.54) is 98.4 Å². The van der Waals surface area contributed by atoms with Crippen LogP contribution in [-0.4, -0.2) is 0 Å². The molecule has 1 fully saturated rings. The van der Waals surface area contributed by atoms with Crippen molar-refractivity contribution in [2.45, 2.75) is 37.9 Å². The number of allylic oxidation sites excluding steroid dienone is 1. The van der Waals surface area contributed by atoms with Gasteiger partial charge < -0.3 is 4.74 Å². The van der Waals surface area contributed by atoms with Gasteiger partial charge in [-0.2, -0.15) is 0 Å². The maximum Gasteiger partial charge on any atom is 0.0834 e. The van der Waals surface area contributed by atoms with Gasteiger partial charge in [-0.3, -0.25) is 0 Å². The van der Waals surface area contributed by atoms with Crippen LogP contribution in [0.1, 0.15) is 53.7 Å². The minimum atomic E-state index is 0.0955. The molecule has 1 aliphatic heterocycles. The number of hydrogen-bond acceptors (Lipinski definition) is 1. The molecule has 252 valence electrons. The van der Waals surface area contributed by atoms with Crippen molar-refractivity contribution < 1.29 is 4.74 Å². The summed E-state index contributed by atoms with van der Waals surface area (Å²) >= 11 is 0. The Morgan fingerprint density at radius 3 is 1.64 bits per heavy atom. The minimum absolute atomic E-state index is 0.0955. The van der Waals surface area contributed by atoms with Crippen LogP contribution in [-0.2, 0) is 11.2 Å². The van der Waals surface area contributed by atoms with Crippen LogP contribution in [0.25, 0.3) is 82.2 Å². The van der Waals surface area contributed by atoms with Crippen molar-refractivity contribution in [3.63, 3.8) is 0 Å². The van der Waals surface area contributed by atoms with Crippen LogP contribution in [0.3, 0.4) is 0 Å². The molecular formula is C52H38O. The van der Waals surface area contributed by atoms with Crippen molar-refractivity contribution in [1.82, 2.24) is 0 Å². The van der Waals surface area contributed by atoms with Gasteiger partial charge in [-0.15, -0.1) is 0 Å². The van der Waals surface area contributed by atoms with Gasteiger partial charge in [0.2, 0.25) is 0 Å². The average molecular weight is 679 g/mol. The van der Waals surface area contributed by atoms with Gasteiger partial charge in [0.15, 0.2) is 0 Å². The summed E-state index contributed by atoms with van der Waals surface area (Å²) in [7, 11) is 0. The smallest absolute Gasteiger partial charge is 0.0834 e. The number of hydrogen-bond donors (Lipinski definition) is 0. The van der Waals surface area contributed by atoms with Gasteiger partial charge in [0, 0.05) is 0 Å². The quantitative estimate of drug-likeness (QED) is 0.168. The topological polar surface area (TPSA) is 9.23 Å². The molecule has 11 rings (SSSR count). The molecule has 2 atom stereocenters. The first-order valence-corrected chi connectivity index (χ1v) is 19.1. The van der Waals surface area contributed by atoms with Crippen molar-refractivity contribution in [2.24, 2.45) is 0 Å². The van der Waals surface area contributed by atoms with E-state index in [0.29, 0.717) is 0 Å². The Balaban J connectivity index is 0.853. The van der Waals surface area contributed by atoms with Gasteiger partial charge in [0.25, 0.3) is 0 Å². The summed E-state index contributed by atoms with van der Waals surface area (Å²) in [4.78, 5) is 0. The van der Waals surface area contributed by atoms with E-state index in [4.69, 9.17) is 4.74 Å². The molecule has 2 aliphatic rings. The molecular weight excluding hydrogens is 641 g/mol. The summed E-state index contributed by atoms with van der Waals surface area (Å²) in [5.74, 6) is 0. The van der Waals surface area contributed by atoms with E-state index in [0.717, 1.165) is 25.7 Å². The summed E-state index contributed by atoms with van der Waals surface area (Å²) in [6, 6.07) is 58.9. The largest absolute Gasteiger partial charge is 0.366 e. The molecule has 1 heteroatoms. The highest BCUT2D eigenvalue weighted by Gasteiger charge is 2.28. The molecule has 0 saturated carbocycles. The predicted octanol–water partition coefficient (Wildman–Crippen LogP) is 14.3. The lowest BCUT2D eigenvalue weighted by atomic mass is 9.89. The van der Waals surface area contributed by atoms with Crippen LogP contribution < -0.4 is 0 Å². The first kappa shape index (κ1) is 30.6. The van der Waals surface area contributed by atoms with Crippen LogP contribution in [0.4, 0.5) is 0 Å². The Bertz CT molecular complexity index is 2940. The highest BCUT2D eigenvalue weighted by molar-refractivity contribution is 6.10. The molecule has 0 spiro atoms. The van der Waals surface area contributed by atoms with Crippen molar-refractivity contribution in [3.8, 4) is 22.3 Å². The molecule has 2 unspecified atom stereocenters. The van der Waals surface area contributed by atoms with E-state index in [2.05, 4.69) is 170 Å². The molecule has 53 heavy (non-hydrogen) atoms. The summed E-state index contributed by atoms with van der Waals surface area (Å²) in [5, 5.41) is 12.8. The Kier molecular flexibility index (Phi) is 7.10. The van der Waals surface area contributed by atoms with E-state index in [1.54, 1.807) is 0 Å². The van der Waals surface area contributed by atoms with Gasteiger partial charge >= 0.3 is 0 Å². The number of aryl methyl sites for hydroxylation is 1. The van der Waals surface area contributed by atoms with Crippen LogP contribution in [0, 0.1) is 0 Å². The minimum Gasteiger partial charge on any atom is -0.366 e. The highest BCUT2D eigenvalue weighted by atomic mass is 16.5. The van der Waals surface area contributed by atoms with Crippen LogP contribution in [0.15, 0.2) is 164 Å². The number of benzene rings is 9. The fourth-order valence-corrected chi connectivity index (χ4v) is 9.24. The van der Waals surface area contributed by atoms with Gasteiger partial charge in [-0.1, -0.05) is 146 Å². The Hall–Kier alpha value is -6.02. The van der Waals surface area contributed by atoms with Gasteiger partial charge in [0.1, 0.15) is 0 Å². The first-order chi connectivity index (χ1) is 26.2. The van der Waals surface area contributed by atoms with Gasteiger partial charge in [-0.05, 0) is 148 Å². The van der Waals surface area contributed by atoms with Crippen LogP contribution >= 0.6 is 0 Å². The second kappa shape index (κ2) is 12.3. The Morgan fingerprint density at radius 2 is 0.962 bits per heavy atom. The van der Waals surface area contributed by atoms with Gasteiger partial charge in [0.05, 0.1) is 12.2 Å². The molecule has 0 amide bonds. The molecule has 1 saturated heterocycles. The monoisotopic (exact) mass is 678 g/mol. The molecule has 0 bridgehead atoms. The lowest BCUT2D eigenvalue weighted by Crippen LogP contribution is -2.00. The third-order valence-electron chi connectivity index (χ3n) is 12.0. The zero-order valence-corrected chi connectivity index (χ0v) is 29.6. The van der Waals surface area contributed by atoms with Crippen LogP contribution in [0.5, 0.6) is 0 Å². The summed E-state index contributed by atoms with van der Waals surface area (Å²) in [6.45, 7) is 0. The van der Waals surface area contributed by atoms with Crippen molar-refractivity contribution >= 4 is 59.9 Å². The SMILES string of the molecule is C1=Cc2c(cccc2-c2ccc3c(ccc4cc(C5CCC(c6ccc7c(ccc8cc(-c9cccc%10ccccc9%10)ccc87)c6)O5)ccc43)c2)CC1. The lowest BCUT2D eigenvalue weighted by Gasteiger charge is -2.17. The van der Waals surface area contributed by atoms with E-state index in [-0.39, 0.29) is 12.2 Å². The summed E-state index contributed by atoms with van der Waals surface area (Å²) in [6.07, 6.45) is 9.10. The Labute approximate surface area is 309 Å². The van der Waals surface area contributed by atoms with E-state index in [1.807, 2.05) is 0 Å². The average Bonchev–Trinajstić information content (AvgIpc) is 3.73.